The van der Waals surface area contributed by atoms with Crippen LogP contribution in [-0.4, -0.2) is 4.98 Å². The van der Waals surface area contributed by atoms with E-state index in [4.69, 9.17) is 11.6 Å². The average molecular weight is 206 g/mol. The SMILES string of the molecule is CC(C)c1ccc2cc(Cl)ncc2c1. The summed E-state index contributed by atoms with van der Waals surface area (Å²) in [7, 11) is 0. The minimum absolute atomic E-state index is 0.551. The van der Waals surface area contributed by atoms with E-state index in [1.165, 1.54) is 5.56 Å². The van der Waals surface area contributed by atoms with Gasteiger partial charge < -0.3 is 0 Å². The zero-order valence-corrected chi connectivity index (χ0v) is 9.05. The summed E-state index contributed by atoms with van der Waals surface area (Å²) in [4.78, 5) is 4.07. The Bertz CT molecular complexity index is 463. The third kappa shape index (κ3) is 1.73. The van der Waals surface area contributed by atoms with Gasteiger partial charge in [0.05, 0.1) is 0 Å². The third-order valence-corrected chi connectivity index (χ3v) is 2.59. The number of halogens is 1. The van der Waals surface area contributed by atoms with Gasteiger partial charge >= 0.3 is 0 Å². The normalized spacial score (nSPS) is 11.1. The lowest BCUT2D eigenvalue weighted by atomic mass is 10.0. The van der Waals surface area contributed by atoms with E-state index >= 15 is 0 Å². The van der Waals surface area contributed by atoms with Crippen LogP contribution in [-0.2, 0) is 0 Å². The molecule has 0 radical (unpaired) electrons. The first-order chi connectivity index (χ1) is 6.66. The molecule has 0 aliphatic heterocycles. The lowest BCUT2D eigenvalue weighted by Crippen LogP contribution is -1.87. The summed E-state index contributed by atoms with van der Waals surface area (Å²) in [6, 6.07) is 8.30. The molecule has 0 amide bonds. The van der Waals surface area contributed by atoms with Crippen molar-refractivity contribution in [2.45, 2.75) is 19.8 Å². The fourth-order valence-corrected chi connectivity index (χ4v) is 1.66. The summed E-state index contributed by atoms with van der Waals surface area (Å²) in [5, 5.41) is 2.85. The molecule has 0 bridgehead atoms. The smallest absolute Gasteiger partial charge is 0.129 e. The minimum atomic E-state index is 0.551. The zero-order valence-electron chi connectivity index (χ0n) is 8.29. The molecule has 1 aromatic carbocycles. The Kier molecular flexibility index (Phi) is 2.42. The maximum Gasteiger partial charge on any atom is 0.129 e. The molecule has 1 heterocycles. The van der Waals surface area contributed by atoms with Crippen LogP contribution in [0.2, 0.25) is 5.15 Å². The molecule has 2 rings (SSSR count). The van der Waals surface area contributed by atoms with Crippen LogP contribution in [0, 0.1) is 0 Å². The topological polar surface area (TPSA) is 12.9 Å². The van der Waals surface area contributed by atoms with Crippen molar-refractivity contribution in [2.75, 3.05) is 0 Å². The van der Waals surface area contributed by atoms with E-state index in [-0.39, 0.29) is 0 Å². The summed E-state index contributed by atoms with van der Waals surface area (Å²) >= 11 is 5.81. The van der Waals surface area contributed by atoms with E-state index in [0.29, 0.717) is 11.1 Å². The predicted molar refractivity (Wildman–Crippen MR) is 60.8 cm³/mol. The van der Waals surface area contributed by atoms with Crippen LogP contribution in [0.5, 0.6) is 0 Å². The van der Waals surface area contributed by atoms with Gasteiger partial charge in [-0.25, -0.2) is 4.98 Å². The van der Waals surface area contributed by atoms with Crippen LogP contribution in [0.25, 0.3) is 10.8 Å². The molecule has 2 heteroatoms. The van der Waals surface area contributed by atoms with Gasteiger partial charge in [-0.2, -0.15) is 0 Å². The second-order valence-corrected chi connectivity index (χ2v) is 4.16. The van der Waals surface area contributed by atoms with Crippen molar-refractivity contribution in [3.8, 4) is 0 Å². The van der Waals surface area contributed by atoms with Crippen molar-refractivity contribution in [3.05, 3.63) is 41.2 Å². The summed E-state index contributed by atoms with van der Waals surface area (Å²) in [5.74, 6) is 0.551. The number of hydrogen-bond acceptors (Lipinski definition) is 1. The van der Waals surface area contributed by atoms with Gasteiger partial charge in [-0.15, -0.1) is 0 Å². The van der Waals surface area contributed by atoms with Gasteiger partial charge in [0, 0.05) is 11.6 Å². The second kappa shape index (κ2) is 3.58. The number of aromatic nitrogens is 1. The first kappa shape index (κ1) is 9.47. The van der Waals surface area contributed by atoms with Crippen molar-refractivity contribution in [1.82, 2.24) is 4.98 Å². The highest BCUT2D eigenvalue weighted by molar-refractivity contribution is 6.30. The van der Waals surface area contributed by atoms with Crippen molar-refractivity contribution < 1.29 is 0 Å². The Hall–Kier alpha value is -1.08. The van der Waals surface area contributed by atoms with Gasteiger partial charge in [-0.05, 0) is 29.0 Å². The van der Waals surface area contributed by atoms with Crippen molar-refractivity contribution in [1.29, 1.82) is 0 Å². The van der Waals surface area contributed by atoms with Gasteiger partial charge in [0.15, 0.2) is 0 Å². The molecule has 0 saturated carbocycles. The van der Waals surface area contributed by atoms with Gasteiger partial charge in [0.2, 0.25) is 0 Å². The maximum atomic E-state index is 5.81. The fraction of sp³-hybridized carbons (Fsp3) is 0.250. The standard InChI is InChI=1S/C12H12ClN/c1-8(2)9-3-4-10-6-12(13)14-7-11(10)5-9/h3-8H,1-2H3. The monoisotopic (exact) mass is 205 g/mol. The molecular formula is C12H12ClN. The number of rotatable bonds is 1. The Balaban J connectivity index is 2.62. The largest absolute Gasteiger partial charge is 0.244 e. The first-order valence-corrected chi connectivity index (χ1v) is 5.10. The Labute approximate surface area is 88.7 Å². The molecule has 1 nitrogen and oxygen atoms in total. The second-order valence-electron chi connectivity index (χ2n) is 3.77. The molecule has 0 aliphatic rings. The molecule has 0 spiro atoms. The number of hydrogen-bond donors (Lipinski definition) is 0. The Morgan fingerprint density at radius 3 is 2.64 bits per heavy atom. The van der Waals surface area contributed by atoms with Gasteiger partial charge in [0.25, 0.3) is 0 Å². The highest BCUT2D eigenvalue weighted by Gasteiger charge is 2.01. The molecule has 72 valence electrons. The number of pyridine rings is 1. The molecule has 0 unspecified atom stereocenters. The summed E-state index contributed by atoms with van der Waals surface area (Å²) in [6.07, 6.45) is 1.82. The minimum Gasteiger partial charge on any atom is -0.244 e. The van der Waals surface area contributed by atoms with Crippen LogP contribution >= 0.6 is 11.6 Å². The number of fused-ring (bicyclic) bond motifs is 1. The molecule has 0 fully saturated rings. The van der Waals surface area contributed by atoms with Crippen LogP contribution in [0.4, 0.5) is 0 Å². The average Bonchev–Trinajstić information content (AvgIpc) is 2.16. The summed E-state index contributed by atoms with van der Waals surface area (Å²) < 4.78 is 0. The van der Waals surface area contributed by atoms with Crippen LogP contribution in [0.1, 0.15) is 25.3 Å². The van der Waals surface area contributed by atoms with Crippen molar-refractivity contribution in [3.63, 3.8) is 0 Å². The quantitative estimate of drug-likeness (QED) is 0.641. The predicted octanol–water partition coefficient (Wildman–Crippen LogP) is 4.01. The van der Waals surface area contributed by atoms with Crippen LogP contribution in [0.3, 0.4) is 0 Å². The number of benzene rings is 1. The first-order valence-electron chi connectivity index (χ1n) is 4.72. The third-order valence-electron chi connectivity index (χ3n) is 2.38. The van der Waals surface area contributed by atoms with Gasteiger partial charge in [-0.3, -0.25) is 0 Å². The lowest BCUT2D eigenvalue weighted by Gasteiger charge is -2.06. The van der Waals surface area contributed by atoms with E-state index in [2.05, 4.69) is 37.0 Å². The highest BCUT2D eigenvalue weighted by atomic mass is 35.5. The molecule has 1 aromatic heterocycles. The van der Waals surface area contributed by atoms with Crippen LogP contribution in [0.15, 0.2) is 30.5 Å². The van der Waals surface area contributed by atoms with Crippen LogP contribution < -0.4 is 0 Å². The maximum absolute atomic E-state index is 5.81. The molecule has 14 heavy (non-hydrogen) atoms. The summed E-state index contributed by atoms with van der Waals surface area (Å²) in [5.41, 5.74) is 1.33. The van der Waals surface area contributed by atoms with Gasteiger partial charge in [0.1, 0.15) is 5.15 Å². The van der Waals surface area contributed by atoms with E-state index in [0.717, 1.165) is 10.8 Å². The van der Waals surface area contributed by atoms with E-state index in [1.54, 1.807) is 0 Å². The van der Waals surface area contributed by atoms with E-state index in [9.17, 15) is 0 Å². The van der Waals surface area contributed by atoms with Gasteiger partial charge in [-0.1, -0.05) is 37.6 Å². The van der Waals surface area contributed by atoms with E-state index in [1.807, 2.05) is 12.3 Å². The summed E-state index contributed by atoms with van der Waals surface area (Å²) in [6.45, 7) is 4.37. The zero-order chi connectivity index (χ0) is 10.1. The van der Waals surface area contributed by atoms with Crippen molar-refractivity contribution in [2.24, 2.45) is 0 Å². The Morgan fingerprint density at radius 2 is 1.93 bits per heavy atom. The fourth-order valence-electron chi connectivity index (χ4n) is 1.49. The molecular weight excluding hydrogens is 194 g/mol. The highest BCUT2D eigenvalue weighted by Crippen LogP contribution is 2.22. The van der Waals surface area contributed by atoms with E-state index < -0.39 is 0 Å². The molecule has 0 saturated heterocycles. The molecule has 0 atom stereocenters. The molecule has 2 aromatic rings. The molecule has 0 aliphatic carbocycles. The Morgan fingerprint density at radius 1 is 1.14 bits per heavy atom. The van der Waals surface area contributed by atoms with Crippen molar-refractivity contribution >= 4 is 22.4 Å². The molecule has 0 N–H and O–H groups in total. The lowest BCUT2D eigenvalue weighted by molar-refractivity contribution is 0.868. The number of nitrogens with zero attached hydrogens (tertiary/aromatic N) is 1.